The molecule has 0 spiro atoms. The Hall–Kier alpha value is -2.77. The number of nitrogens with zero attached hydrogens (tertiary/aromatic N) is 6. The number of hydrogen-bond donors (Lipinski definition) is 0. The van der Waals surface area contributed by atoms with Gasteiger partial charge in [-0.25, -0.2) is 14.5 Å². The number of aryl methyl sites for hydroxylation is 3. The van der Waals surface area contributed by atoms with Crippen LogP contribution < -0.4 is 0 Å². The number of rotatable bonds is 3. The van der Waals surface area contributed by atoms with Gasteiger partial charge in [0.2, 0.25) is 0 Å². The summed E-state index contributed by atoms with van der Waals surface area (Å²) in [6, 6.07) is 8.24. The van der Waals surface area contributed by atoms with E-state index in [4.69, 9.17) is 16.6 Å². The molecular formula is C21H19ClN6S. The first-order valence-electron chi connectivity index (χ1n) is 9.32. The van der Waals surface area contributed by atoms with Crippen LogP contribution in [-0.2, 0) is 6.54 Å². The van der Waals surface area contributed by atoms with Crippen LogP contribution in [0.25, 0.3) is 27.3 Å². The lowest BCUT2D eigenvalue weighted by Crippen LogP contribution is -2.04. The van der Waals surface area contributed by atoms with Crippen molar-refractivity contribution in [3.05, 3.63) is 63.0 Å². The number of thiophene rings is 1. The van der Waals surface area contributed by atoms with E-state index in [1.165, 1.54) is 10.4 Å². The Bertz CT molecular complexity index is 1390. The van der Waals surface area contributed by atoms with Gasteiger partial charge in [0, 0.05) is 10.4 Å². The minimum Gasteiger partial charge on any atom is -0.264 e. The SMILES string of the molecule is Cc1nn(Cc2cccc(-c3nc4c5c(C)c(C)sc5ncn4n3)c2)c(C)c1Cl. The lowest BCUT2D eigenvalue weighted by atomic mass is 10.1. The molecule has 4 heterocycles. The molecule has 4 aromatic heterocycles. The number of aromatic nitrogens is 6. The summed E-state index contributed by atoms with van der Waals surface area (Å²) in [4.78, 5) is 11.7. The monoisotopic (exact) mass is 422 g/mol. The lowest BCUT2D eigenvalue weighted by molar-refractivity contribution is 0.659. The van der Waals surface area contributed by atoms with Crippen LogP contribution in [0.1, 0.15) is 27.4 Å². The van der Waals surface area contributed by atoms with Crippen LogP contribution in [0.4, 0.5) is 0 Å². The van der Waals surface area contributed by atoms with Crippen LogP contribution >= 0.6 is 22.9 Å². The van der Waals surface area contributed by atoms with Gasteiger partial charge in [-0.15, -0.1) is 16.4 Å². The summed E-state index contributed by atoms with van der Waals surface area (Å²) in [5.41, 5.74) is 5.98. The minimum atomic E-state index is 0.648. The first kappa shape index (κ1) is 18.3. The van der Waals surface area contributed by atoms with Crippen molar-refractivity contribution in [1.82, 2.24) is 29.4 Å². The second-order valence-corrected chi connectivity index (χ2v) is 8.84. The average molecular weight is 423 g/mol. The predicted molar refractivity (Wildman–Crippen MR) is 117 cm³/mol. The molecule has 0 N–H and O–H groups in total. The number of fused-ring (bicyclic) bond motifs is 3. The zero-order valence-corrected chi connectivity index (χ0v) is 18.1. The first-order valence-corrected chi connectivity index (χ1v) is 10.5. The van der Waals surface area contributed by atoms with Gasteiger partial charge in [-0.05, 0) is 44.9 Å². The Morgan fingerprint density at radius 3 is 2.69 bits per heavy atom. The molecule has 5 aromatic rings. The standard InChI is InChI=1S/C21H19ClN6S/c1-11-14(4)29-21-17(11)20-24-19(26-28(20)10-23-21)16-7-5-6-15(8-16)9-27-13(3)18(22)12(2)25-27/h5-8,10H,9H2,1-4H3. The van der Waals surface area contributed by atoms with Gasteiger partial charge in [-0.1, -0.05) is 29.8 Å². The molecule has 0 aliphatic carbocycles. The fourth-order valence-electron chi connectivity index (χ4n) is 3.58. The number of hydrogen-bond acceptors (Lipinski definition) is 5. The predicted octanol–water partition coefficient (Wildman–Crippen LogP) is 5.14. The van der Waals surface area contributed by atoms with Crippen molar-refractivity contribution in [2.75, 3.05) is 0 Å². The van der Waals surface area contributed by atoms with Gasteiger partial charge in [0.05, 0.1) is 28.3 Å². The van der Waals surface area contributed by atoms with Crippen molar-refractivity contribution < 1.29 is 0 Å². The highest BCUT2D eigenvalue weighted by atomic mass is 35.5. The third-order valence-corrected chi connectivity index (χ3v) is 6.98. The molecule has 0 bridgehead atoms. The highest BCUT2D eigenvalue weighted by Gasteiger charge is 2.15. The average Bonchev–Trinajstić information content (AvgIpc) is 3.34. The van der Waals surface area contributed by atoms with E-state index < -0.39 is 0 Å². The van der Waals surface area contributed by atoms with E-state index in [1.54, 1.807) is 22.2 Å². The fourth-order valence-corrected chi connectivity index (χ4v) is 4.70. The molecule has 0 atom stereocenters. The molecule has 6 nitrogen and oxygen atoms in total. The van der Waals surface area contributed by atoms with Gasteiger partial charge in [-0.2, -0.15) is 5.10 Å². The quantitative estimate of drug-likeness (QED) is 0.404. The van der Waals surface area contributed by atoms with Gasteiger partial charge in [0.25, 0.3) is 0 Å². The Balaban J connectivity index is 1.57. The topological polar surface area (TPSA) is 60.9 Å². The van der Waals surface area contributed by atoms with Gasteiger partial charge in [0.1, 0.15) is 11.2 Å². The van der Waals surface area contributed by atoms with Crippen LogP contribution in [0.15, 0.2) is 30.6 Å². The molecule has 0 amide bonds. The molecule has 8 heteroatoms. The molecule has 1 aromatic carbocycles. The molecule has 29 heavy (non-hydrogen) atoms. The van der Waals surface area contributed by atoms with Crippen molar-refractivity contribution >= 4 is 38.8 Å². The molecular weight excluding hydrogens is 404 g/mol. The number of halogens is 1. The summed E-state index contributed by atoms with van der Waals surface area (Å²) in [5.74, 6) is 0.691. The largest absolute Gasteiger partial charge is 0.264 e. The zero-order chi connectivity index (χ0) is 20.3. The van der Waals surface area contributed by atoms with Crippen molar-refractivity contribution in [2.45, 2.75) is 34.2 Å². The highest BCUT2D eigenvalue weighted by Crippen LogP contribution is 2.31. The summed E-state index contributed by atoms with van der Waals surface area (Å²) in [6.45, 7) is 8.79. The van der Waals surface area contributed by atoms with E-state index in [1.807, 2.05) is 30.7 Å². The first-order chi connectivity index (χ1) is 13.9. The summed E-state index contributed by atoms with van der Waals surface area (Å²) in [5, 5.41) is 11.0. The Labute approximate surface area is 176 Å². The Morgan fingerprint density at radius 1 is 1.10 bits per heavy atom. The fraction of sp³-hybridized carbons (Fsp3) is 0.238. The Kier molecular flexibility index (Phi) is 4.18. The lowest BCUT2D eigenvalue weighted by Gasteiger charge is -2.06. The summed E-state index contributed by atoms with van der Waals surface area (Å²) >= 11 is 7.98. The van der Waals surface area contributed by atoms with E-state index in [0.29, 0.717) is 12.4 Å². The zero-order valence-electron chi connectivity index (χ0n) is 16.6. The van der Waals surface area contributed by atoms with Crippen LogP contribution in [0, 0.1) is 27.7 Å². The van der Waals surface area contributed by atoms with E-state index in [-0.39, 0.29) is 0 Å². The molecule has 0 aliphatic rings. The van der Waals surface area contributed by atoms with Crippen LogP contribution in [0.3, 0.4) is 0 Å². The van der Waals surface area contributed by atoms with Crippen LogP contribution in [0.5, 0.6) is 0 Å². The normalized spacial score (nSPS) is 11.8. The van der Waals surface area contributed by atoms with Crippen molar-refractivity contribution in [3.8, 4) is 11.4 Å². The smallest absolute Gasteiger partial charge is 0.182 e. The van der Waals surface area contributed by atoms with Gasteiger partial charge >= 0.3 is 0 Å². The van der Waals surface area contributed by atoms with Gasteiger partial charge < -0.3 is 0 Å². The third kappa shape index (κ3) is 2.92. The summed E-state index contributed by atoms with van der Waals surface area (Å²) < 4.78 is 3.70. The molecule has 0 unspecified atom stereocenters. The van der Waals surface area contributed by atoms with E-state index in [0.717, 1.165) is 43.4 Å². The highest BCUT2D eigenvalue weighted by molar-refractivity contribution is 7.18. The molecule has 0 saturated carbocycles. The summed E-state index contributed by atoms with van der Waals surface area (Å²) in [7, 11) is 0. The maximum absolute atomic E-state index is 6.29. The Morgan fingerprint density at radius 2 is 1.93 bits per heavy atom. The summed E-state index contributed by atoms with van der Waals surface area (Å²) in [6.07, 6.45) is 1.74. The second kappa shape index (κ2) is 6.64. The van der Waals surface area contributed by atoms with Crippen molar-refractivity contribution in [2.24, 2.45) is 0 Å². The van der Waals surface area contributed by atoms with Crippen molar-refractivity contribution in [3.63, 3.8) is 0 Å². The van der Waals surface area contributed by atoms with Crippen LogP contribution in [-0.4, -0.2) is 29.4 Å². The second-order valence-electron chi connectivity index (χ2n) is 7.25. The van der Waals surface area contributed by atoms with Crippen LogP contribution in [0.2, 0.25) is 5.02 Å². The van der Waals surface area contributed by atoms with Crippen molar-refractivity contribution in [1.29, 1.82) is 0 Å². The minimum absolute atomic E-state index is 0.648. The van der Waals surface area contributed by atoms with E-state index >= 15 is 0 Å². The molecule has 0 radical (unpaired) electrons. The molecule has 5 rings (SSSR count). The molecule has 0 saturated heterocycles. The maximum atomic E-state index is 6.29. The molecule has 146 valence electrons. The van der Waals surface area contributed by atoms with Gasteiger partial charge in [0.15, 0.2) is 11.5 Å². The molecule has 0 fully saturated rings. The number of benzene rings is 1. The third-order valence-electron chi connectivity index (χ3n) is 5.32. The van der Waals surface area contributed by atoms with E-state index in [9.17, 15) is 0 Å². The van der Waals surface area contributed by atoms with Gasteiger partial charge in [-0.3, -0.25) is 4.68 Å². The maximum Gasteiger partial charge on any atom is 0.182 e. The van der Waals surface area contributed by atoms with E-state index in [2.05, 4.69) is 41.2 Å². The molecule has 0 aliphatic heterocycles.